The maximum absolute atomic E-state index is 8.43. The van der Waals surface area contributed by atoms with Crippen molar-refractivity contribution < 1.29 is 4.74 Å². The summed E-state index contributed by atoms with van der Waals surface area (Å²) in [6, 6.07) is 9.29. The van der Waals surface area contributed by atoms with Gasteiger partial charge < -0.3 is 4.74 Å². The molecule has 1 aromatic carbocycles. The first-order valence-corrected chi connectivity index (χ1v) is 5.23. The number of aromatic nitrogens is 1. The van der Waals surface area contributed by atoms with Gasteiger partial charge in [0.25, 0.3) is 0 Å². The van der Waals surface area contributed by atoms with Crippen molar-refractivity contribution in [3.8, 4) is 11.8 Å². The van der Waals surface area contributed by atoms with Crippen molar-refractivity contribution in [1.82, 2.24) is 4.98 Å². The van der Waals surface area contributed by atoms with Crippen LogP contribution in [0.25, 0.3) is 10.9 Å². The van der Waals surface area contributed by atoms with Crippen molar-refractivity contribution >= 4 is 22.5 Å². The summed E-state index contributed by atoms with van der Waals surface area (Å²) in [6.45, 7) is 0.365. The van der Waals surface area contributed by atoms with Gasteiger partial charge in [0.05, 0.1) is 17.5 Å². The molecule has 0 radical (unpaired) electrons. The van der Waals surface area contributed by atoms with E-state index in [1.807, 2.05) is 18.2 Å². The molecule has 0 spiro atoms. The van der Waals surface area contributed by atoms with Crippen LogP contribution in [0.4, 0.5) is 0 Å². The Balaban J connectivity index is 2.39. The second kappa shape index (κ2) is 4.82. The molecular formula is C12H9ClN2O. The predicted molar refractivity (Wildman–Crippen MR) is 62.5 cm³/mol. The van der Waals surface area contributed by atoms with Gasteiger partial charge in [-0.15, -0.1) is 0 Å². The van der Waals surface area contributed by atoms with Crippen LogP contribution in [0.3, 0.4) is 0 Å². The molecule has 80 valence electrons. The number of rotatable bonds is 3. The highest BCUT2D eigenvalue weighted by Crippen LogP contribution is 2.29. The molecule has 0 unspecified atom stereocenters. The molecule has 2 aromatic rings. The number of benzene rings is 1. The zero-order valence-corrected chi connectivity index (χ0v) is 9.24. The molecule has 1 heterocycles. The van der Waals surface area contributed by atoms with Crippen LogP contribution in [0.15, 0.2) is 30.5 Å². The summed E-state index contributed by atoms with van der Waals surface area (Å²) in [5.41, 5.74) is 0.730. The topological polar surface area (TPSA) is 45.9 Å². The minimum absolute atomic E-state index is 0.358. The fourth-order valence-electron chi connectivity index (χ4n) is 1.44. The average Bonchev–Trinajstić information content (AvgIpc) is 2.33. The van der Waals surface area contributed by atoms with Crippen molar-refractivity contribution in [2.45, 2.75) is 6.42 Å². The lowest BCUT2D eigenvalue weighted by molar-refractivity contribution is 0.330. The fourth-order valence-corrected chi connectivity index (χ4v) is 1.65. The summed E-state index contributed by atoms with van der Waals surface area (Å²) in [4.78, 5) is 4.23. The number of nitrogens with zero attached hydrogens (tertiary/aromatic N) is 2. The smallest absolute Gasteiger partial charge is 0.145 e. The van der Waals surface area contributed by atoms with E-state index in [1.165, 1.54) is 0 Å². The predicted octanol–water partition coefficient (Wildman–Crippen LogP) is 3.18. The molecular weight excluding hydrogens is 224 g/mol. The van der Waals surface area contributed by atoms with Crippen LogP contribution in [0.5, 0.6) is 5.75 Å². The SMILES string of the molecule is N#CCCOc1ccc(Cl)c2cccnc12. The van der Waals surface area contributed by atoms with Crippen LogP contribution in [-0.4, -0.2) is 11.6 Å². The number of ether oxygens (including phenoxy) is 1. The van der Waals surface area contributed by atoms with E-state index in [4.69, 9.17) is 21.6 Å². The van der Waals surface area contributed by atoms with Crippen LogP contribution in [0.2, 0.25) is 5.02 Å². The number of hydrogen-bond acceptors (Lipinski definition) is 3. The highest BCUT2D eigenvalue weighted by Gasteiger charge is 2.05. The Labute approximate surface area is 98.2 Å². The minimum Gasteiger partial charge on any atom is -0.490 e. The normalized spacial score (nSPS) is 10.0. The van der Waals surface area contributed by atoms with Crippen molar-refractivity contribution in [2.75, 3.05) is 6.61 Å². The van der Waals surface area contributed by atoms with Crippen LogP contribution >= 0.6 is 11.6 Å². The largest absolute Gasteiger partial charge is 0.490 e. The lowest BCUT2D eigenvalue weighted by Gasteiger charge is -2.07. The van der Waals surface area contributed by atoms with E-state index in [2.05, 4.69) is 4.98 Å². The molecule has 0 saturated heterocycles. The van der Waals surface area contributed by atoms with Crippen molar-refractivity contribution in [1.29, 1.82) is 5.26 Å². The van der Waals surface area contributed by atoms with Gasteiger partial charge in [0, 0.05) is 11.6 Å². The van der Waals surface area contributed by atoms with E-state index in [1.54, 1.807) is 18.3 Å². The highest BCUT2D eigenvalue weighted by molar-refractivity contribution is 6.35. The Morgan fingerprint density at radius 2 is 2.25 bits per heavy atom. The van der Waals surface area contributed by atoms with E-state index in [0.717, 1.165) is 10.9 Å². The molecule has 0 fully saturated rings. The van der Waals surface area contributed by atoms with Crippen LogP contribution in [0.1, 0.15) is 6.42 Å². The maximum Gasteiger partial charge on any atom is 0.145 e. The third-order valence-electron chi connectivity index (χ3n) is 2.15. The second-order valence-electron chi connectivity index (χ2n) is 3.20. The summed E-state index contributed by atoms with van der Waals surface area (Å²) in [5, 5.41) is 9.94. The molecule has 2 rings (SSSR count). The van der Waals surface area contributed by atoms with Crippen LogP contribution in [-0.2, 0) is 0 Å². The average molecular weight is 233 g/mol. The molecule has 1 aromatic heterocycles. The van der Waals surface area contributed by atoms with Gasteiger partial charge in [-0.1, -0.05) is 11.6 Å². The molecule has 0 aliphatic rings. The first-order chi connectivity index (χ1) is 7.83. The Morgan fingerprint density at radius 3 is 3.06 bits per heavy atom. The monoisotopic (exact) mass is 232 g/mol. The lowest BCUT2D eigenvalue weighted by atomic mass is 10.2. The Kier molecular flexibility index (Phi) is 3.23. The number of fused-ring (bicyclic) bond motifs is 1. The van der Waals surface area contributed by atoms with Crippen LogP contribution < -0.4 is 4.74 Å². The third kappa shape index (κ3) is 2.07. The fraction of sp³-hybridized carbons (Fsp3) is 0.167. The van der Waals surface area contributed by atoms with Crippen molar-refractivity contribution in [3.05, 3.63) is 35.5 Å². The van der Waals surface area contributed by atoms with Gasteiger partial charge in [-0.3, -0.25) is 4.98 Å². The molecule has 0 amide bonds. The van der Waals surface area contributed by atoms with Gasteiger partial charge in [0.1, 0.15) is 17.9 Å². The Hall–Kier alpha value is -1.79. The molecule has 0 saturated carbocycles. The summed E-state index contributed by atoms with van der Waals surface area (Å²) in [5.74, 6) is 0.662. The molecule has 0 aliphatic carbocycles. The molecule has 0 bridgehead atoms. The van der Waals surface area contributed by atoms with E-state index >= 15 is 0 Å². The summed E-state index contributed by atoms with van der Waals surface area (Å²) < 4.78 is 5.47. The zero-order valence-electron chi connectivity index (χ0n) is 8.48. The molecule has 0 aliphatic heterocycles. The van der Waals surface area contributed by atoms with Gasteiger partial charge in [0.2, 0.25) is 0 Å². The number of halogens is 1. The number of nitriles is 1. The maximum atomic E-state index is 8.43. The molecule has 0 N–H and O–H groups in total. The number of hydrogen-bond donors (Lipinski definition) is 0. The first-order valence-electron chi connectivity index (χ1n) is 4.86. The summed E-state index contributed by atoms with van der Waals surface area (Å²) in [6.07, 6.45) is 2.05. The zero-order chi connectivity index (χ0) is 11.4. The summed E-state index contributed by atoms with van der Waals surface area (Å²) in [7, 11) is 0. The van der Waals surface area contributed by atoms with E-state index in [0.29, 0.717) is 23.8 Å². The second-order valence-corrected chi connectivity index (χ2v) is 3.61. The molecule has 0 atom stereocenters. The highest BCUT2D eigenvalue weighted by atomic mass is 35.5. The molecule has 3 nitrogen and oxygen atoms in total. The van der Waals surface area contributed by atoms with E-state index < -0.39 is 0 Å². The molecule has 16 heavy (non-hydrogen) atoms. The quantitative estimate of drug-likeness (QED) is 0.764. The minimum atomic E-state index is 0.358. The summed E-state index contributed by atoms with van der Waals surface area (Å²) >= 11 is 6.04. The van der Waals surface area contributed by atoms with Crippen molar-refractivity contribution in [2.24, 2.45) is 0 Å². The van der Waals surface area contributed by atoms with E-state index in [9.17, 15) is 0 Å². The van der Waals surface area contributed by atoms with Crippen LogP contribution in [0, 0.1) is 11.3 Å². The standard InChI is InChI=1S/C12H9ClN2O/c13-10-4-5-11(16-8-2-6-14)12-9(10)3-1-7-15-12/h1,3-5,7H,2,8H2. The lowest BCUT2D eigenvalue weighted by Crippen LogP contribution is -1.97. The Bertz CT molecular complexity index is 548. The van der Waals surface area contributed by atoms with Gasteiger partial charge in [-0.05, 0) is 24.3 Å². The van der Waals surface area contributed by atoms with Crippen molar-refractivity contribution in [3.63, 3.8) is 0 Å². The molecule has 4 heteroatoms. The Morgan fingerprint density at radius 1 is 1.38 bits per heavy atom. The first kappa shape index (κ1) is 10.7. The van der Waals surface area contributed by atoms with Gasteiger partial charge in [0.15, 0.2) is 0 Å². The van der Waals surface area contributed by atoms with Gasteiger partial charge >= 0.3 is 0 Å². The number of pyridine rings is 1. The van der Waals surface area contributed by atoms with Gasteiger partial charge in [-0.2, -0.15) is 5.26 Å². The van der Waals surface area contributed by atoms with Gasteiger partial charge in [-0.25, -0.2) is 0 Å². The third-order valence-corrected chi connectivity index (χ3v) is 2.48. The van der Waals surface area contributed by atoms with E-state index in [-0.39, 0.29) is 0 Å².